The maximum atomic E-state index is 7.00. The van der Waals surface area contributed by atoms with Crippen LogP contribution < -0.4 is 9.47 Å². The standard InChI is InChI=1S/C26H25ClN2O2/c1-17-13-14-18(2)19(15-17)16-29-26(21-10-6-8-12-23(21)31-4)24(27)25(28-29)20-9-5-7-11-22(20)30-3/h5-15H,16H2,1-4H3. The molecule has 1 aromatic heterocycles. The van der Waals surface area contributed by atoms with Crippen LogP contribution >= 0.6 is 11.6 Å². The molecule has 0 spiro atoms. The van der Waals surface area contributed by atoms with E-state index < -0.39 is 0 Å². The van der Waals surface area contributed by atoms with Crippen molar-refractivity contribution in [2.24, 2.45) is 0 Å². The molecular weight excluding hydrogens is 408 g/mol. The Hall–Kier alpha value is -3.24. The van der Waals surface area contributed by atoms with Crippen LogP contribution in [0, 0.1) is 13.8 Å². The third kappa shape index (κ3) is 4.04. The van der Waals surface area contributed by atoms with Crippen molar-refractivity contribution in [1.29, 1.82) is 0 Å². The van der Waals surface area contributed by atoms with Crippen molar-refractivity contribution in [3.05, 3.63) is 88.4 Å². The lowest BCUT2D eigenvalue weighted by molar-refractivity contribution is 0.416. The van der Waals surface area contributed by atoms with E-state index >= 15 is 0 Å². The number of para-hydroxylation sites is 2. The van der Waals surface area contributed by atoms with E-state index in [9.17, 15) is 0 Å². The molecular formula is C26H25ClN2O2. The fourth-order valence-corrected chi connectivity index (χ4v) is 4.14. The summed E-state index contributed by atoms with van der Waals surface area (Å²) in [5.74, 6) is 1.48. The second kappa shape index (κ2) is 8.86. The summed E-state index contributed by atoms with van der Waals surface area (Å²) >= 11 is 7.00. The van der Waals surface area contributed by atoms with E-state index in [1.54, 1.807) is 14.2 Å². The number of aromatic nitrogens is 2. The maximum absolute atomic E-state index is 7.00. The van der Waals surface area contributed by atoms with E-state index in [0.717, 1.165) is 28.3 Å². The number of halogens is 1. The first-order chi connectivity index (χ1) is 15.0. The molecule has 0 fully saturated rings. The third-order valence-electron chi connectivity index (χ3n) is 5.44. The van der Waals surface area contributed by atoms with Crippen LogP contribution in [0.4, 0.5) is 0 Å². The van der Waals surface area contributed by atoms with E-state index in [0.29, 0.717) is 17.3 Å². The molecule has 0 amide bonds. The molecule has 0 aliphatic heterocycles. The Balaban J connectivity index is 1.95. The summed E-state index contributed by atoms with van der Waals surface area (Å²) in [5.41, 5.74) is 6.87. The highest BCUT2D eigenvalue weighted by molar-refractivity contribution is 6.35. The Morgan fingerprint density at radius 3 is 2.13 bits per heavy atom. The number of nitrogens with zero attached hydrogens (tertiary/aromatic N) is 2. The number of ether oxygens (including phenoxy) is 2. The lowest BCUT2D eigenvalue weighted by atomic mass is 10.0. The molecule has 31 heavy (non-hydrogen) atoms. The number of methoxy groups -OCH3 is 2. The molecule has 0 N–H and O–H groups in total. The molecule has 4 nitrogen and oxygen atoms in total. The highest BCUT2D eigenvalue weighted by Gasteiger charge is 2.23. The molecule has 1 heterocycles. The van der Waals surface area contributed by atoms with Crippen molar-refractivity contribution in [2.75, 3.05) is 14.2 Å². The van der Waals surface area contributed by atoms with Crippen molar-refractivity contribution in [3.63, 3.8) is 0 Å². The smallest absolute Gasteiger partial charge is 0.128 e. The first-order valence-corrected chi connectivity index (χ1v) is 10.5. The van der Waals surface area contributed by atoms with Crippen molar-refractivity contribution < 1.29 is 9.47 Å². The van der Waals surface area contributed by atoms with Crippen molar-refractivity contribution >= 4 is 11.6 Å². The molecule has 0 bridgehead atoms. The summed E-state index contributed by atoms with van der Waals surface area (Å²) in [7, 11) is 3.32. The molecule has 0 atom stereocenters. The lowest BCUT2D eigenvalue weighted by Crippen LogP contribution is -2.06. The van der Waals surface area contributed by atoms with Gasteiger partial charge in [0.15, 0.2) is 0 Å². The molecule has 4 aromatic rings. The predicted molar refractivity (Wildman–Crippen MR) is 126 cm³/mol. The summed E-state index contributed by atoms with van der Waals surface area (Å²) in [4.78, 5) is 0. The second-order valence-corrected chi connectivity index (χ2v) is 7.88. The highest BCUT2D eigenvalue weighted by Crippen LogP contribution is 2.42. The second-order valence-electron chi connectivity index (χ2n) is 7.50. The van der Waals surface area contributed by atoms with Gasteiger partial charge in [0.1, 0.15) is 17.2 Å². The predicted octanol–water partition coefficient (Wildman–Crippen LogP) is 6.55. The van der Waals surface area contributed by atoms with Gasteiger partial charge in [0, 0.05) is 11.1 Å². The van der Waals surface area contributed by atoms with Gasteiger partial charge in [-0.2, -0.15) is 5.10 Å². The van der Waals surface area contributed by atoms with Crippen molar-refractivity contribution in [1.82, 2.24) is 9.78 Å². The van der Waals surface area contributed by atoms with Crippen LogP contribution in [-0.4, -0.2) is 24.0 Å². The summed E-state index contributed by atoms with van der Waals surface area (Å²) in [6.45, 7) is 4.81. The molecule has 0 aliphatic rings. The summed E-state index contributed by atoms with van der Waals surface area (Å²) in [6.07, 6.45) is 0. The molecule has 0 unspecified atom stereocenters. The Morgan fingerprint density at radius 1 is 0.839 bits per heavy atom. The monoisotopic (exact) mass is 432 g/mol. The van der Waals surface area contributed by atoms with E-state index in [1.165, 1.54) is 16.7 Å². The van der Waals surface area contributed by atoms with Gasteiger partial charge in [-0.15, -0.1) is 0 Å². The summed E-state index contributed by atoms with van der Waals surface area (Å²) < 4.78 is 13.2. The average Bonchev–Trinajstić information content (AvgIpc) is 3.11. The first kappa shape index (κ1) is 21.0. The molecule has 0 radical (unpaired) electrons. The first-order valence-electron chi connectivity index (χ1n) is 10.1. The van der Waals surface area contributed by atoms with Crippen LogP contribution in [0.25, 0.3) is 22.5 Å². The summed E-state index contributed by atoms with van der Waals surface area (Å²) in [6, 6.07) is 22.1. The minimum atomic E-state index is 0.569. The molecule has 4 rings (SSSR count). The average molecular weight is 433 g/mol. The van der Waals surface area contributed by atoms with Gasteiger partial charge in [0.25, 0.3) is 0 Å². The molecule has 0 aliphatic carbocycles. The number of hydrogen-bond acceptors (Lipinski definition) is 3. The van der Waals surface area contributed by atoms with Crippen molar-refractivity contribution in [3.8, 4) is 34.0 Å². The van der Waals surface area contributed by atoms with Gasteiger partial charge < -0.3 is 9.47 Å². The van der Waals surface area contributed by atoms with E-state index in [2.05, 4.69) is 32.0 Å². The van der Waals surface area contributed by atoms with Gasteiger partial charge in [0.2, 0.25) is 0 Å². The Labute approximate surface area is 188 Å². The fourth-order valence-electron chi connectivity index (χ4n) is 3.80. The largest absolute Gasteiger partial charge is 0.496 e. The van der Waals surface area contributed by atoms with E-state index in [4.69, 9.17) is 26.2 Å². The molecule has 0 saturated heterocycles. The van der Waals surface area contributed by atoms with Crippen LogP contribution in [0.3, 0.4) is 0 Å². The van der Waals surface area contributed by atoms with Crippen LogP contribution in [-0.2, 0) is 6.54 Å². The Morgan fingerprint density at radius 2 is 1.45 bits per heavy atom. The van der Waals surface area contributed by atoms with E-state index in [1.807, 2.05) is 53.2 Å². The molecule has 158 valence electrons. The maximum Gasteiger partial charge on any atom is 0.128 e. The fraction of sp³-hybridized carbons (Fsp3) is 0.192. The zero-order valence-electron chi connectivity index (χ0n) is 18.1. The topological polar surface area (TPSA) is 36.3 Å². The minimum absolute atomic E-state index is 0.569. The van der Waals surface area contributed by atoms with Crippen LogP contribution in [0.2, 0.25) is 5.02 Å². The zero-order chi connectivity index (χ0) is 22.0. The van der Waals surface area contributed by atoms with Gasteiger partial charge in [-0.3, -0.25) is 4.68 Å². The Kier molecular flexibility index (Phi) is 6.01. The number of benzene rings is 3. The number of rotatable bonds is 6. The lowest BCUT2D eigenvalue weighted by Gasteiger charge is -2.13. The highest BCUT2D eigenvalue weighted by atomic mass is 35.5. The van der Waals surface area contributed by atoms with E-state index in [-0.39, 0.29) is 0 Å². The van der Waals surface area contributed by atoms with Gasteiger partial charge in [0.05, 0.1) is 31.5 Å². The third-order valence-corrected chi connectivity index (χ3v) is 5.80. The van der Waals surface area contributed by atoms with Crippen LogP contribution in [0.15, 0.2) is 66.7 Å². The van der Waals surface area contributed by atoms with Crippen molar-refractivity contribution in [2.45, 2.75) is 20.4 Å². The van der Waals surface area contributed by atoms with Gasteiger partial charge in [-0.25, -0.2) is 0 Å². The van der Waals surface area contributed by atoms with Gasteiger partial charge in [-0.1, -0.05) is 59.6 Å². The van der Waals surface area contributed by atoms with Gasteiger partial charge >= 0.3 is 0 Å². The molecule has 3 aromatic carbocycles. The normalized spacial score (nSPS) is 10.9. The summed E-state index contributed by atoms with van der Waals surface area (Å²) in [5, 5.41) is 5.52. The number of aryl methyl sites for hydroxylation is 2. The SMILES string of the molecule is COc1ccccc1-c1nn(Cc2cc(C)ccc2C)c(-c2ccccc2OC)c1Cl. The van der Waals surface area contributed by atoms with Gasteiger partial charge in [-0.05, 0) is 49.2 Å². The number of hydrogen-bond donors (Lipinski definition) is 0. The zero-order valence-corrected chi connectivity index (χ0v) is 18.9. The quantitative estimate of drug-likeness (QED) is 0.346. The molecule has 0 saturated carbocycles. The van der Waals surface area contributed by atoms with Crippen LogP contribution in [0.5, 0.6) is 11.5 Å². The minimum Gasteiger partial charge on any atom is -0.496 e. The molecule has 5 heteroatoms. The van der Waals surface area contributed by atoms with Crippen LogP contribution in [0.1, 0.15) is 16.7 Å². The Bertz CT molecular complexity index is 1230.